The van der Waals surface area contributed by atoms with E-state index in [-0.39, 0.29) is 48.5 Å². The first-order valence-electron chi connectivity index (χ1n) is 6.92. The number of rotatable bonds is 3. The number of hydrogen-bond donors (Lipinski definition) is 0. The van der Waals surface area contributed by atoms with Gasteiger partial charge < -0.3 is 9.47 Å². The smallest absolute Gasteiger partial charge is 0.210 e. The molecule has 0 atom stereocenters. The number of aromatic nitrogens is 1. The standard InChI is InChI=1S/C17H13ClIN2O2.Y/c1-20(2)16-12(18)8-7-11-15(16)21(9-14(19)22)13-6-4-3-5-10(13)17(11)23;/h3,5-8H,9H2,1-2H3;/q-1;. The van der Waals surface area contributed by atoms with E-state index in [1.807, 2.05) is 23.6 Å². The van der Waals surface area contributed by atoms with Crippen molar-refractivity contribution < 1.29 is 37.5 Å². The normalized spacial score (nSPS) is 10.7. The van der Waals surface area contributed by atoms with E-state index in [2.05, 4.69) is 6.07 Å². The van der Waals surface area contributed by atoms with Gasteiger partial charge in [-0.1, -0.05) is 22.5 Å². The zero-order valence-electron chi connectivity index (χ0n) is 13.1. The molecule has 3 aromatic rings. The van der Waals surface area contributed by atoms with E-state index in [1.165, 1.54) is 0 Å². The molecule has 0 saturated carbocycles. The van der Waals surface area contributed by atoms with Gasteiger partial charge in [0.15, 0.2) is 5.43 Å². The molecular formula is C17H13ClIN2O2Y-. The Morgan fingerprint density at radius 1 is 1.29 bits per heavy atom. The van der Waals surface area contributed by atoms with Crippen LogP contribution in [0, 0.1) is 6.07 Å². The molecule has 0 bridgehead atoms. The van der Waals surface area contributed by atoms with Crippen LogP contribution in [0.5, 0.6) is 0 Å². The zero-order valence-corrected chi connectivity index (χ0v) is 18.9. The van der Waals surface area contributed by atoms with Crippen LogP contribution in [0.1, 0.15) is 0 Å². The van der Waals surface area contributed by atoms with Gasteiger partial charge in [-0.2, -0.15) is 24.3 Å². The van der Waals surface area contributed by atoms with Crippen molar-refractivity contribution in [1.29, 1.82) is 0 Å². The average Bonchev–Trinajstić information content (AvgIpc) is 2.50. The zero-order chi connectivity index (χ0) is 16.7. The molecule has 1 heterocycles. The van der Waals surface area contributed by atoms with Crippen LogP contribution in [0.4, 0.5) is 5.69 Å². The van der Waals surface area contributed by atoms with Gasteiger partial charge in [0.25, 0.3) is 0 Å². The Bertz CT molecular complexity index is 1000. The summed E-state index contributed by atoms with van der Waals surface area (Å²) in [6.45, 7) is 0.160. The van der Waals surface area contributed by atoms with Crippen LogP contribution < -0.4 is 10.3 Å². The fourth-order valence-electron chi connectivity index (χ4n) is 2.83. The van der Waals surface area contributed by atoms with Gasteiger partial charge in [0.05, 0.1) is 22.8 Å². The minimum absolute atomic E-state index is 0. The summed E-state index contributed by atoms with van der Waals surface area (Å²) in [5, 5.41) is 1.66. The minimum Gasteiger partial charge on any atom is -0.384 e. The van der Waals surface area contributed by atoms with Crippen LogP contribution in [0.3, 0.4) is 0 Å². The number of carbonyl (C=O) groups excluding carboxylic acids is 1. The molecule has 0 spiro atoms. The van der Waals surface area contributed by atoms with Crippen LogP contribution in [0.15, 0.2) is 35.1 Å². The van der Waals surface area contributed by atoms with Crippen LogP contribution in [-0.4, -0.2) is 22.5 Å². The quantitative estimate of drug-likeness (QED) is 0.226. The van der Waals surface area contributed by atoms with Crippen LogP contribution in [0.2, 0.25) is 5.02 Å². The molecule has 0 N–H and O–H groups in total. The third kappa shape index (κ3) is 3.41. The molecular weight excluding hydrogens is 515 g/mol. The summed E-state index contributed by atoms with van der Waals surface area (Å²) in [5.41, 5.74) is 2.01. The third-order valence-corrected chi connectivity index (χ3v) is 4.37. The minimum atomic E-state index is -0.0686. The van der Waals surface area contributed by atoms with Crippen molar-refractivity contribution in [2.24, 2.45) is 0 Å². The predicted octanol–water partition coefficient (Wildman–Crippen LogP) is 3.63. The molecule has 0 aliphatic heterocycles. The first-order valence-corrected chi connectivity index (χ1v) is 8.38. The molecule has 0 aliphatic carbocycles. The Labute approximate surface area is 183 Å². The molecule has 121 valence electrons. The number of halogens is 2. The molecule has 3 rings (SSSR count). The molecule has 7 heteroatoms. The average molecular weight is 529 g/mol. The molecule has 1 radical (unpaired) electrons. The number of fused-ring (bicyclic) bond motifs is 2. The van der Waals surface area contributed by atoms with E-state index in [0.29, 0.717) is 26.8 Å². The fraction of sp³-hybridized carbons (Fsp3) is 0.176. The molecule has 4 nitrogen and oxygen atoms in total. The van der Waals surface area contributed by atoms with Gasteiger partial charge in [-0.05, 0) is 12.1 Å². The third-order valence-electron chi connectivity index (χ3n) is 3.72. The Hall–Kier alpha value is -0.496. The van der Waals surface area contributed by atoms with Gasteiger partial charge in [-0.25, -0.2) is 0 Å². The Balaban J connectivity index is 0.00000208. The second kappa shape index (κ2) is 7.81. The largest absolute Gasteiger partial charge is 0.384 e. The number of anilines is 1. The monoisotopic (exact) mass is 528 g/mol. The van der Waals surface area contributed by atoms with E-state index in [1.54, 1.807) is 52.9 Å². The molecule has 0 amide bonds. The van der Waals surface area contributed by atoms with Gasteiger partial charge in [0.2, 0.25) is 3.79 Å². The first kappa shape index (κ1) is 19.8. The van der Waals surface area contributed by atoms with Crippen molar-refractivity contribution in [2.75, 3.05) is 19.0 Å². The van der Waals surface area contributed by atoms with Crippen molar-refractivity contribution in [3.63, 3.8) is 0 Å². The summed E-state index contributed by atoms with van der Waals surface area (Å²) < 4.78 is 1.82. The molecule has 0 aliphatic rings. The van der Waals surface area contributed by atoms with Gasteiger partial charge in [-0.15, -0.1) is 0 Å². The van der Waals surface area contributed by atoms with Crippen molar-refractivity contribution in [3.05, 3.63) is 51.6 Å². The molecule has 24 heavy (non-hydrogen) atoms. The van der Waals surface area contributed by atoms with E-state index in [9.17, 15) is 9.59 Å². The second-order valence-electron chi connectivity index (χ2n) is 5.40. The van der Waals surface area contributed by atoms with Crippen molar-refractivity contribution in [3.8, 4) is 0 Å². The molecule has 0 unspecified atom stereocenters. The fourth-order valence-corrected chi connectivity index (χ4v) is 3.49. The summed E-state index contributed by atoms with van der Waals surface area (Å²) in [6.07, 6.45) is 0. The van der Waals surface area contributed by atoms with E-state index < -0.39 is 0 Å². The maximum atomic E-state index is 12.8. The SMILES string of the molecule is CN(C)c1c(Cl)ccc2c(=O)c3cc[c-]cc3n(CC(=O)I)c12.[Y]. The summed E-state index contributed by atoms with van der Waals surface area (Å²) in [6, 6.07) is 11.6. The van der Waals surface area contributed by atoms with Crippen molar-refractivity contribution in [2.45, 2.75) is 6.54 Å². The molecule has 1 aromatic heterocycles. The second-order valence-corrected chi connectivity index (χ2v) is 7.01. The topological polar surface area (TPSA) is 42.3 Å². The van der Waals surface area contributed by atoms with Gasteiger partial charge >= 0.3 is 0 Å². The van der Waals surface area contributed by atoms with E-state index in [0.717, 1.165) is 5.69 Å². The van der Waals surface area contributed by atoms with Crippen molar-refractivity contribution >= 4 is 65.5 Å². The maximum absolute atomic E-state index is 12.8. The summed E-state index contributed by atoms with van der Waals surface area (Å²) in [7, 11) is 3.73. The Kier molecular flexibility index (Phi) is 6.45. The molecule has 2 aromatic carbocycles. The van der Waals surface area contributed by atoms with Gasteiger partial charge in [0.1, 0.15) is 0 Å². The van der Waals surface area contributed by atoms with Crippen LogP contribution in [0.25, 0.3) is 21.8 Å². The van der Waals surface area contributed by atoms with Crippen LogP contribution >= 0.6 is 34.2 Å². The predicted molar refractivity (Wildman–Crippen MR) is 103 cm³/mol. The molecule has 0 fully saturated rings. The number of pyridine rings is 1. The van der Waals surface area contributed by atoms with E-state index >= 15 is 0 Å². The Morgan fingerprint density at radius 3 is 2.62 bits per heavy atom. The first-order chi connectivity index (χ1) is 10.9. The number of carbonyl (C=O) groups is 1. The van der Waals surface area contributed by atoms with Gasteiger partial charge in [0, 0.05) is 74.8 Å². The summed E-state index contributed by atoms with van der Waals surface area (Å²) in [4.78, 5) is 26.5. The Morgan fingerprint density at radius 2 is 2.00 bits per heavy atom. The summed E-state index contributed by atoms with van der Waals surface area (Å²) in [5.74, 6) is 0. The molecule has 0 saturated heterocycles. The van der Waals surface area contributed by atoms with Crippen molar-refractivity contribution in [1.82, 2.24) is 4.57 Å². The maximum Gasteiger partial charge on any atom is 0.210 e. The van der Waals surface area contributed by atoms with E-state index in [4.69, 9.17) is 11.6 Å². The number of nitrogens with zero attached hydrogens (tertiary/aromatic N) is 2. The van der Waals surface area contributed by atoms with Crippen LogP contribution in [-0.2, 0) is 44.0 Å². The number of benzene rings is 2. The number of hydrogen-bond acceptors (Lipinski definition) is 3. The van der Waals surface area contributed by atoms with Gasteiger partial charge in [-0.3, -0.25) is 9.59 Å². The summed E-state index contributed by atoms with van der Waals surface area (Å²) >= 11 is 8.12.